The van der Waals surface area contributed by atoms with E-state index in [2.05, 4.69) is 50.2 Å². The van der Waals surface area contributed by atoms with Crippen LogP contribution in [0.25, 0.3) is 0 Å². The molecule has 2 N–H and O–H groups in total. The Bertz CT molecular complexity index is 486. The van der Waals surface area contributed by atoms with Gasteiger partial charge in [0.05, 0.1) is 0 Å². The molecule has 2 aromatic carbocycles. The summed E-state index contributed by atoms with van der Waals surface area (Å²) < 4.78 is 0. The number of nitrogen functional groups attached to an aromatic ring is 1. The van der Waals surface area contributed by atoms with Crippen LogP contribution in [-0.4, -0.2) is 0 Å². The van der Waals surface area contributed by atoms with Crippen LogP contribution >= 0.6 is 0 Å². The number of benzene rings is 2. The van der Waals surface area contributed by atoms with E-state index in [4.69, 9.17) is 5.73 Å². The number of nitrogens with two attached hydrogens (primary N) is 1. The summed E-state index contributed by atoms with van der Waals surface area (Å²) in [5.74, 6) is 0. The molecule has 0 fully saturated rings. The summed E-state index contributed by atoms with van der Waals surface area (Å²) in [6, 6.07) is 14.8. The molecule has 0 aromatic heterocycles. The van der Waals surface area contributed by atoms with E-state index in [1.165, 1.54) is 16.7 Å². The molecule has 0 saturated heterocycles. The molecule has 1 heteroatoms. The second-order valence-electron chi connectivity index (χ2n) is 4.30. The SMILES string of the molecule is Cc1cc(Cc2ccccc2)c(C)cc1N. The van der Waals surface area contributed by atoms with Gasteiger partial charge in [-0.15, -0.1) is 0 Å². The third-order valence-electron chi connectivity index (χ3n) is 2.96. The van der Waals surface area contributed by atoms with Crippen molar-refractivity contribution in [3.8, 4) is 0 Å². The van der Waals surface area contributed by atoms with E-state index in [0.29, 0.717) is 0 Å². The average Bonchev–Trinajstić information content (AvgIpc) is 2.27. The van der Waals surface area contributed by atoms with E-state index >= 15 is 0 Å². The normalized spacial score (nSPS) is 10.4. The van der Waals surface area contributed by atoms with Crippen LogP contribution in [0, 0.1) is 13.8 Å². The molecule has 0 radical (unpaired) electrons. The van der Waals surface area contributed by atoms with Crippen LogP contribution in [-0.2, 0) is 6.42 Å². The molecular formula is C15H17N. The monoisotopic (exact) mass is 211 g/mol. The van der Waals surface area contributed by atoms with Crippen molar-refractivity contribution < 1.29 is 0 Å². The number of rotatable bonds is 2. The van der Waals surface area contributed by atoms with Gasteiger partial charge in [0.2, 0.25) is 0 Å². The molecule has 0 amide bonds. The lowest BCUT2D eigenvalue weighted by Crippen LogP contribution is -1.97. The van der Waals surface area contributed by atoms with Crippen molar-refractivity contribution >= 4 is 5.69 Å². The Kier molecular flexibility index (Phi) is 2.95. The summed E-state index contributed by atoms with van der Waals surface area (Å²) >= 11 is 0. The van der Waals surface area contributed by atoms with E-state index < -0.39 is 0 Å². The summed E-state index contributed by atoms with van der Waals surface area (Å²) in [4.78, 5) is 0. The summed E-state index contributed by atoms with van der Waals surface area (Å²) in [6.45, 7) is 4.18. The minimum atomic E-state index is 0.884. The van der Waals surface area contributed by atoms with Gasteiger partial charge in [-0.3, -0.25) is 0 Å². The van der Waals surface area contributed by atoms with Crippen molar-refractivity contribution in [2.75, 3.05) is 5.73 Å². The van der Waals surface area contributed by atoms with Crippen molar-refractivity contribution in [3.63, 3.8) is 0 Å². The Balaban J connectivity index is 2.32. The quantitative estimate of drug-likeness (QED) is 0.756. The molecule has 2 rings (SSSR count). The maximum atomic E-state index is 5.88. The predicted molar refractivity (Wildman–Crippen MR) is 69.6 cm³/mol. The molecule has 0 atom stereocenters. The van der Waals surface area contributed by atoms with Crippen LogP contribution in [0.2, 0.25) is 0 Å². The third kappa shape index (κ3) is 2.25. The van der Waals surface area contributed by atoms with E-state index in [1.807, 2.05) is 6.07 Å². The zero-order chi connectivity index (χ0) is 11.5. The van der Waals surface area contributed by atoms with E-state index in [1.54, 1.807) is 0 Å². The smallest absolute Gasteiger partial charge is 0.0346 e. The Morgan fingerprint density at radius 2 is 1.62 bits per heavy atom. The second-order valence-corrected chi connectivity index (χ2v) is 4.30. The molecule has 82 valence electrons. The predicted octanol–water partition coefficient (Wildman–Crippen LogP) is 3.48. The number of anilines is 1. The molecule has 2 aromatic rings. The maximum Gasteiger partial charge on any atom is 0.0346 e. The highest BCUT2D eigenvalue weighted by Crippen LogP contribution is 2.20. The highest BCUT2D eigenvalue weighted by molar-refractivity contribution is 5.52. The van der Waals surface area contributed by atoms with Crippen LogP contribution in [0.5, 0.6) is 0 Å². The van der Waals surface area contributed by atoms with Crippen molar-refractivity contribution in [1.82, 2.24) is 0 Å². The zero-order valence-corrected chi connectivity index (χ0v) is 9.83. The molecule has 0 bridgehead atoms. The highest BCUT2D eigenvalue weighted by atomic mass is 14.6. The molecular weight excluding hydrogens is 194 g/mol. The summed E-state index contributed by atoms with van der Waals surface area (Å²) in [5, 5.41) is 0. The van der Waals surface area contributed by atoms with Crippen LogP contribution in [0.1, 0.15) is 22.3 Å². The van der Waals surface area contributed by atoms with Gasteiger partial charge in [-0.1, -0.05) is 36.4 Å². The highest BCUT2D eigenvalue weighted by Gasteiger charge is 2.03. The summed E-state index contributed by atoms with van der Waals surface area (Å²) in [5.41, 5.74) is 11.9. The first-order valence-corrected chi connectivity index (χ1v) is 5.56. The van der Waals surface area contributed by atoms with Gasteiger partial charge >= 0.3 is 0 Å². The van der Waals surface area contributed by atoms with Crippen LogP contribution in [0.4, 0.5) is 5.69 Å². The number of aryl methyl sites for hydroxylation is 2. The zero-order valence-electron chi connectivity index (χ0n) is 9.83. The van der Waals surface area contributed by atoms with Gasteiger partial charge < -0.3 is 5.73 Å². The lowest BCUT2D eigenvalue weighted by Gasteiger charge is -2.09. The van der Waals surface area contributed by atoms with Crippen LogP contribution in [0.3, 0.4) is 0 Å². The maximum absolute atomic E-state index is 5.88. The van der Waals surface area contributed by atoms with Gasteiger partial charge in [0, 0.05) is 5.69 Å². The van der Waals surface area contributed by atoms with Crippen LogP contribution < -0.4 is 5.73 Å². The molecule has 16 heavy (non-hydrogen) atoms. The Hall–Kier alpha value is -1.76. The molecule has 0 spiro atoms. The first kappa shape index (κ1) is 10.7. The van der Waals surface area contributed by atoms with Gasteiger partial charge in [0.15, 0.2) is 0 Å². The largest absolute Gasteiger partial charge is 0.399 e. The van der Waals surface area contributed by atoms with Gasteiger partial charge in [-0.05, 0) is 48.6 Å². The second kappa shape index (κ2) is 4.40. The molecule has 0 heterocycles. The minimum Gasteiger partial charge on any atom is -0.399 e. The van der Waals surface area contributed by atoms with Gasteiger partial charge in [0.25, 0.3) is 0 Å². The van der Waals surface area contributed by atoms with E-state index in [0.717, 1.165) is 17.7 Å². The fourth-order valence-electron chi connectivity index (χ4n) is 1.90. The van der Waals surface area contributed by atoms with Gasteiger partial charge in [-0.2, -0.15) is 0 Å². The summed E-state index contributed by atoms with van der Waals surface area (Å²) in [6.07, 6.45) is 0.980. The number of hydrogen-bond acceptors (Lipinski definition) is 1. The van der Waals surface area contributed by atoms with Gasteiger partial charge in [0.1, 0.15) is 0 Å². The Morgan fingerprint density at radius 1 is 0.938 bits per heavy atom. The average molecular weight is 211 g/mol. The van der Waals surface area contributed by atoms with Crippen molar-refractivity contribution in [1.29, 1.82) is 0 Å². The lowest BCUT2D eigenvalue weighted by molar-refractivity contribution is 1.15. The third-order valence-corrected chi connectivity index (χ3v) is 2.96. The lowest BCUT2D eigenvalue weighted by atomic mass is 9.98. The Labute approximate surface area is 96.9 Å². The van der Waals surface area contributed by atoms with Crippen molar-refractivity contribution in [2.45, 2.75) is 20.3 Å². The van der Waals surface area contributed by atoms with E-state index in [9.17, 15) is 0 Å². The fraction of sp³-hybridized carbons (Fsp3) is 0.200. The molecule has 1 nitrogen and oxygen atoms in total. The molecule has 0 aliphatic heterocycles. The molecule has 0 aliphatic carbocycles. The first-order valence-electron chi connectivity index (χ1n) is 5.56. The van der Waals surface area contributed by atoms with Gasteiger partial charge in [-0.25, -0.2) is 0 Å². The van der Waals surface area contributed by atoms with Crippen molar-refractivity contribution in [3.05, 3.63) is 64.7 Å². The van der Waals surface area contributed by atoms with E-state index in [-0.39, 0.29) is 0 Å². The Morgan fingerprint density at radius 3 is 2.31 bits per heavy atom. The standard InChI is InChI=1S/C15H17N/c1-11-9-15(16)12(2)8-14(11)10-13-6-4-3-5-7-13/h3-9H,10,16H2,1-2H3. The molecule has 0 aliphatic rings. The fourth-order valence-corrected chi connectivity index (χ4v) is 1.90. The molecule has 0 saturated carbocycles. The van der Waals surface area contributed by atoms with Crippen LogP contribution in [0.15, 0.2) is 42.5 Å². The molecule has 0 unspecified atom stereocenters. The number of hydrogen-bond donors (Lipinski definition) is 1. The topological polar surface area (TPSA) is 26.0 Å². The summed E-state index contributed by atoms with van der Waals surface area (Å²) in [7, 11) is 0. The first-order chi connectivity index (χ1) is 7.66. The minimum absolute atomic E-state index is 0.884. The van der Waals surface area contributed by atoms with Crippen molar-refractivity contribution in [2.24, 2.45) is 0 Å².